The summed E-state index contributed by atoms with van der Waals surface area (Å²) in [5.41, 5.74) is 4.67. The van der Waals surface area contributed by atoms with Crippen LogP contribution < -0.4 is 18.9 Å². The second-order valence-corrected chi connectivity index (χ2v) is 19.5. The van der Waals surface area contributed by atoms with Crippen LogP contribution in [-0.2, 0) is 45.8 Å². The van der Waals surface area contributed by atoms with Gasteiger partial charge in [0.2, 0.25) is 13.6 Å². The van der Waals surface area contributed by atoms with Crippen molar-refractivity contribution >= 4 is 113 Å². The second kappa shape index (κ2) is 17.3. The summed E-state index contributed by atoms with van der Waals surface area (Å²) in [5, 5.41) is 0. The fraction of sp³-hybridized carbons (Fsp3) is 0.357. The smallest absolute Gasteiger partial charge is 0.231 e. The molecule has 2 aliphatic heterocycles. The van der Waals surface area contributed by atoms with Gasteiger partial charge >= 0.3 is 0 Å². The van der Waals surface area contributed by atoms with Gasteiger partial charge in [0.05, 0.1) is 0 Å². The molecule has 40 heavy (non-hydrogen) atoms. The fourth-order valence-electron chi connectivity index (χ4n) is 4.92. The average molecular weight is 1030 g/mol. The predicted molar refractivity (Wildman–Crippen MR) is 184 cm³/mol. The Balaban J connectivity index is 0.000000230. The van der Waals surface area contributed by atoms with Crippen LogP contribution in [0.3, 0.4) is 0 Å². The Labute approximate surface area is 301 Å². The van der Waals surface area contributed by atoms with Crippen LogP contribution in [0.5, 0.6) is 23.0 Å². The van der Waals surface area contributed by atoms with Crippen molar-refractivity contribution in [3.63, 3.8) is 0 Å². The van der Waals surface area contributed by atoms with E-state index in [4.69, 9.17) is 18.9 Å². The first-order valence-corrected chi connectivity index (χ1v) is 17.2. The Morgan fingerprint density at radius 2 is 1.40 bits per heavy atom. The van der Waals surface area contributed by atoms with Crippen LogP contribution in [0.4, 0.5) is 0 Å². The number of ether oxygens (including phenoxy) is 4. The van der Waals surface area contributed by atoms with Gasteiger partial charge in [-0.25, -0.2) is 0 Å². The summed E-state index contributed by atoms with van der Waals surface area (Å²) in [5.74, 6) is 2.43. The van der Waals surface area contributed by atoms with Gasteiger partial charge in [-0.15, -0.1) is 0 Å². The number of benzene rings is 2. The molecule has 0 fully saturated rings. The molecule has 2 aromatic rings. The summed E-state index contributed by atoms with van der Waals surface area (Å²) >= 11 is 8.85. The molecule has 6 rings (SSSR count). The molecule has 0 saturated carbocycles. The molecule has 2 aromatic carbocycles. The summed E-state index contributed by atoms with van der Waals surface area (Å²) in [6, 6.07) is 7.42. The number of Topliss-reactive ketones (excluding diaryl/α,β-unsaturated/α-hetero) is 3. The first-order chi connectivity index (χ1) is 18.7. The van der Waals surface area contributed by atoms with E-state index in [-0.39, 0.29) is 49.5 Å². The van der Waals surface area contributed by atoms with Crippen LogP contribution in [0.1, 0.15) is 54.9 Å². The molecule has 2 aliphatic carbocycles. The van der Waals surface area contributed by atoms with Crippen LogP contribution in [0, 0.1) is 4.93 Å². The molecule has 7 nitrogen and oxygen atoms in total. The van der Waals surface area contributed by atoms with Crippen molar-refractivity contribution in [2.45, 2.75) is 45.4 Å². The third-order valence-electron chi connectivity index (χ3n) is 6.39. The van der Waals surface area contributed by atoms with Gasteiger partial charge in [0.15, 0.2) is 28.8 Å². The van der Waals surface area contributed by atoms with Crippen molar-refractivity contribution in [3.8, 4) is 23.0 Å². The van der Waals surface area contributed by atoms with E-state index >= 15 is 0 Å². The summed E-state index contributed by atoms with van der Waals surface area (Å²) in [6.07, 6.45) is 4.84. The van der Waals surface area contributed by atoms with Crippen molar-refractivity contribution in [1.29, 1.82) is 0 Å². The van der Waals surface area contributed by atoms with Gasteiger partial charge in [0.25, 0.3) is 0 Å². The second-order valence-electron chi connectivity index (χ2n) is 8.66. The Morgan fingerprint density at radius 3 is 1.95 bits per heavy atom. The summed E-state index contributed by atoms with van der Waals surface area (Å²) < 4.78 is 22.3. The van der Waals surface area contributed by atoms with E-state index in [0.717, 1.165) is 52.1 Å². The van der Waals surface area contributed by atoms with Crippen LogP contribution in [0.15, 0.2) is 30.3 Å². The van der Waals surface area contributed by atoms with Crippen LogP contribution in [-0.4, -0.2) is 30.9 Å². The molecule has 4 aliphatic rings. The number of rotatable bonds is 2. The van der Waals surface area contributed by atoms with Gasteiger partial charge in [-0.2, -0.15) is 0 Å². The zero-order valence-corrected chi connectivity index (χ0v) is 31.8. The monoisotopic (exact) mass is 1030 g/mol. The molecule has 1 unspecified atom stereocenters. The van der Waals surface area contributed by atoms with E-state index in [1.54, 1.807) is 13.0 Å². The van der Waals surface area contributed by atoms with Gasteiger partial charge in [-0.3, -0.25) is 19.3 Å². The third kappa shape index (κ3) is 8.72. The normalized spacial score (nSPS) is 16.8. The fourth-order valence-corrected chi connectivity index (χ4v) is 4.92. The van der Waals surface area contributed by atoms with Crippen LogP contribution in [0.25, 0.3) is 5.57 Å². The van der Waals surface area contributed by atoms with Gasteiger partial charge in [-0.05, 0) is 56.4 Å². The van der Waals surface area contributed by atoms with Crippen LogP contribution >= 0.6 is 90.4 Å². The van der Waals surface area contributed by atoms with E-state index in [1.165, 1.54) is 6.92 Å². The molecule has 0 bridgehead atoms. The third-order valence-corrected chi connectivity index (χ3v) is 6.39. The number of halogens is 4. The Kier molecular flexibility index (Phi) is 15.6. The summed E-state index contributed by atoms with van der Waals surface area (Å²) in [6.45, 7) is 3.56. The van der Waals surface area contributed by atoms with Gasteiger partial charge in [0.1, 0.15) is 17.4 Å². The number of hydrogen-bond donors (Lipinski definition) is 0. The number of carbonyl (C=O) groups is 3. The minimum Gasteiger partial charge on any atom is -0.454 e. The molecule has 0 N–H and O–H groups in total. The van der Waals surface area contributed by atoms with Crippen LogP contribution in [0.2, 0.25) is 0 Å². The van der Waals surface area contributed by atoms with E-state index in [0.29, 0.717) is 24.3 Å². The van der Waals surface area contributed by atoms with Crippen molar-refractivity contribution in [3.05, 3.63) is 57.5 Å². The topological polar surface area (TPSA) is 88.1 Å². The summed E-state index contributed by atoms with van der Waals surface area (Å²) in [4.78, 5) is 38.1. The number of allylic oxidation sites excluding steroid dienone is 2. The number of ketones is 3. The number of carbonyl (C=O) groups excluding carboxylic acids is 3. The minimum atomic E-state index is -0.617. The molecule has 0 saturated heterocycles. The minimum absolute atomic E-state index is 0. The first-order valence-electron chi connectivity index (χ1n) is 12.0. The molecule has 215 valence electrons. The quantitative estimate of drug-likeness (QED) is 0.132. The SMILES string of the molecule is CC(=O)C1=CCCc2c1ccc1c2OCO1.CC(=O)C1C(=O)CCc2c1ccc1c2OCO1.IC(I)I.[CH2-]I.[V]. The molecule has 0 aromatic heterocycles. The number of fused-ring (bicyclic) bond motifs is 6. The van der Waals surface area contributed by atoms with Crippen molar-refractivity contribution in [2.24, 2.45) is 0 Å². The molecule has 2 heterocycles. The Morgan fingerprint density at radius 1 is 0.850 bits per heavy atom. The van der Waals surface area contributed by atoms with E-state index in [2.05, 4.69) is 72.7 Å². The molecule has 1 atom stereocenters. The zero-order valence-electron chi connectivity index (χ0n) is 21.8. The summed E-state index contributed by atoms with van der Waals surface area (Å²) in [7, 11) is 0. The standard InChI is InChI=1S/C13H12O4.C13H12O3.CHI3.CH2I.V/c1-7(14)12-8-3-5-11-13(17-6-16-11)9(8)2-4-10(12)15;1-8(14)9-3-2-4-11-10(9)5-6-12-13(11)16-7-15-12;2-1(3)4;1-2;/h3,5,12H,2,4,6H2,1H3;3,5-6H,2,4,7H2,1H3;1H;1H2;/q;;;-1;. The molecular weight excluding hydrogens is 1010 g/mol. The zero-order chi connectivity index (χ0) is 28.7. The average Bonchev–Trinajstić information content (AvgIpc) is 3.59. The van der Waals surface area contributed by atoms with E-state index in [9.17, 15) is 14.4 Å². The Hall–Kier alpha value is -0.106. The van der Waals surface area contributed by atoms with Gasteiger partial charge in [-0.1, -0.05) is 86.0 Å². The van der Waals surface area contributed by atoms with E-state index < -0.39 is 5.92 Å². The van der Waals surface area contributed by atoms with Crippen molar-refractivity contribution in [1.82, 2.24) is 0 Å². The van der Waals surface area contributed by atoms with Gasteiger partial charge < -0.3 is 41.5 Å². The van der Waals surface area contributed by atoms with Gasteiger partial charge in [0, 0.05) is 41.7 Å². The van der Waals surface area contributed by atoms with Crippen molar-refractivity contribution < 1.29 is 51.9 Å². The molecule has 0 spiro atoms. The van der Waals surface area contributed by atoms with Crippen molar-refractivity contribution in [2.75, 3.05) is 13.6 Å². The molecule has 1 radical (unpaired) electrons. The Bertz CT molecular complexity index is 1280. The predicted octanol–water partition coefficient (Wildman–Crippen LogP) is 7.72. The number of hydrogen-bond acceptors (Lipinski definition) is 7. The molecule has 0 amide bonds. The maximum absolute atomic E-state index is 11.8. The number of alkyl halides is 3. The first kappa shape index (κ1) is 36.1. The molecular formula is C28H27I4O7V-. The maximum Gasteiger partial charge on any atom is 0.231 e. The maximum atomic E-state index is 11.8. The molecule has 12 heteroatoms. The van der Waals surface area contributed by atoms with E-state index in [1.807, 2.05) is 46.9 Å². The largest absolute Gasteiger partial charge is 0.454 e.